The Bertz CT molecular complexity index is 479. The third-order valence-electron chi connectivity index (χ3n) is 4.84. The molecule has 1 saturated carbocycles. The van der Waals surface area contributed by atoms with Crippen LogP contribution in [0.4, 0.5) is 0 Å². The molecule has 3 N–H and O–H groups in total. The molecule has 2 nitrogen and oxygen atoms in total. The van der Waals surface area contributed by atoms with Gasteiger partial charge >= 0.3 is 0 Å². The van der Waals surface area contributed by atoms with Crippen molar-refractivity contribution in [3.05, 3.63) is 33.3 Å². The van der Waals surface area contributed by atoms with E-state index in [1.54, 1.807) is 0 Å². The zero-order valence-electron chi connectivity index (χ0n) is 12.1. The Balaban J connectivity index is 2.30. The second-order valence-electron chi connectivity index (χ2n) is 6.80. The third-order valence-corrected chi connectivity index (χ3v) is 5.80. The fraction of sp³-hybridized carbons (Fsp3) is 0.625. The number of nitrogens with two attached hydrogens (primary N) is 1. The van der Waals surface area contributed by atoms with Crippen molar-refractivity contribution in [2.75, 3.05) is 6.54 Å². The van der Waals surface area contributed by atoms with Crippen LogP contribution in [0.5, 0.6) is 0 Å². The van der Waals surface area contributed by atoms with Crippen LogP contribution in [0.2, 0.25) is 5.02 Å². The predicted octanol–water partition coefficient (Wildman–Crippen LogP) is 4.68. The zero-order chi connectivity index (χ0) is 15.0. The number of hydrogen-bond acceptors (Lipinski definition) is 2. The van der Waals surface area contributed by atoms with E-state index < -0.39 is 6.10 Å². The molecular weight excluding hydrogens is 338 g/mol. The van der Waals surface area contributed by atoms with E-state index in [1.807, 2.05) is 18.2 Å². The fourth-order valence-corrected chi connectivity index (χ4v) is 3.71. The number of hydrogen-bond donors (Lipinski definition) is 2. The van der Waals surface area contributed by atoms with Gasteiger partial charge in [-0.3, -0.25) is 0 Å². The molecule has 0 amide bonds. The van der Waals surface area contributed by atoms with E-state index in [1.165, 1.54) is 0 Å². The molecule has 1 aromatic carbocycles. The summed E-state index contributed by atoms with van der Waals surface area (Å²) >= 11 is 9.58. The van der Waals surface area contributed by atoms with Gasteiger partial charge in [-0.15, -0.1) is 0 Å². The minimum absolute atomic E-state index is 0.233. The number of aliphatic hydroxyl groups is 1. The van der Waals surface area contributed by atoms with E-state index in [2.05, 4.69) is 29.8 Å². The van der Waals surface area contributed by atoms with Gasteiger partial charge < -0.3 is 10.8 Å². The summed E-state index contributed by atoms with van der Waals surface area (Å²) in [5.41, 5.74) is 7.01. The largest absolute Gasteiger partial charge is 0.388 e. The minimum Gasteiger partial charge on any atom is -0.388 e. The molecule has 0 aromatic heterocycles. The van der Waals surface area contributed by atoms with Crippen LogP contribution in [0.1, 0.15) is 51.2 Å². The van der Waals surface area contributed by atoms with Gasteiger partial charge in [-0.05, 0) is 54.9 Å². The Labute approximate surface area is 134 Å². The van der Waals surface area contributed by atoms with Crippen LogP contribution in [0.25, 0.3) is 0 Å². The Kier molecular flexibility index (Phi) is 4.85. The second-order valence-corrected chi connectivity index (χ2v) is 8.09. The number of rotatable bonds is 3. The van der Waals surface area contributed by atoms with E-state index in [-0.39, 0.29) is 5.41 Å². The highest BCUT2D eigenvalue weighted by atomic mass is 79.9. The zero-order valence-corrected chi connectivity index (χ0v) is 14.5. The maximum Gasteiger partial charge on any atom is 0.0869 e. The normalized spacial score (nSPS) is 22.5. The van der Waals surface area contributed by atoms with Gasteiger partial charge in [-0.25, -0.2) is 0 Å². The lowest BCUT2D eigenvalue weighted by molar-refractivity contribution is -0.0239. The van der Waals surface area contributed by atoms with Gasteiger partial charge in [-0.1, -0.05) is 41.4 Å². The van der Waals surface area contributed by atoms with Crippen LogP contribution in [-0.2, 0) is 0 Å². The Morgan fingerprint density at radius 2 is 1.90 bits per heavy atom. The van der Waals surface area contributed by atoms with Crippen molar-refractivity contribution in [3.63, 3.8) is 0 Å². The molecule has 0 aliphatic heterocycles. The maximum absolute atomic E-state index is 10.9. The average Bonchev–Trinajstić information content (AvgIpc) is 2.41. The molecule has 0 radical (unpaired) electrons. The topological polar surface area (TPSA) is 46.2 Å². The highest BCUT2D eigenvalue weighted by Gasteiger charge is 2.43. The first kappa shape index (κ1) is 16.3. The molecule has 1 fully saturated rings. The van der Waals surface area contributed by atoms with Crippen molar-refractivity contribution in [3.8, 4) is 0 Å². The number of benzene rings is 1. The van der Waals surface area contributed by atoms with E-state index in [9.17, 15) is 5.11 Å². The first-order chi connectivity index (χ1) is 9.30. The number of halogens is 2. The molecular formula is C16H23BrClNO. The van der Waals surface area contributed by atoms with E-state index >= 15 is 0 Å². The first-order valence-corrected chi connectivity index (χ1v) is 8.30. The molecule has 1 unspecified atom stereocenters. The predicted molar refractivity (Wildman–Crippen MR) is 87.8 cm³/mol. The summed E-state index contributed by atoms with van der Waals surface area (Å²) in [7, 11) is 0. The van der Waals surface area contributed by atoms with Gasteiger partial charge in [0.1, 0.15) is 0 Å². The van der Waals surface area contributed by atoms with Crippen LogP contribution in [0.3, 0.4) is 0 Å². The monoisotopic (exact) mass is 359 g/mol. The van der Waals surface area contributed by atoms with Crippen LogP contribution < -0.4 is 5.73 Å². The van der Waals surface area contributed by atoms with E-state index in [4.69, 9.17) is 17.3 Å². The smallest absolute Gasteiger partial charge is 0.0869 e. The molecule has 1 aromatic rings. The number of aliphatic hydroxyl groups excluding tert-OH is 1. The van der Waals surface area contributed by atoms with E-state index in [0.29, 0.717) is 17.0 Å². The molecule has 1 aliphatic rings. The molecule has 4 heteroatoms. The van der Waals surface area contributed by atoms with Crippen molar-refractivity contribution in [1.29, 1.82) is 0 Å². The summed E-state index contributed by atoms with van der Waals surface area (Å²) in [5, 5.41) is 11.5. The van der Waals surface area contributed by atoms with Crippen molar-refractivity contribution >= 4 is 27.5 Å². The molecule has 20 heavy (non-hydrogen) atoms. The summed E-state index contributed by atoms with van der Waals surface area (Å²) in [6.07, 6.45) is 3.53. The molecule has 0 heterocycles. The van der Waals surface area contributed by atoms with Gasteiger partial charge in [0, 0.05) is 21.5 Å². The molecule has 0 saturated heterocycles. The van der Waals surface area contributed by atoms with Crippen molar-refractivity contribution in [2.24, 2.45) is 16.6 Å². The van der Waals surface area contributed by atoms with Crippen molar-refractivity contribution < 1.29 is 5.11 Å². The summed E-state index contributed by atoms with van der Waals surface area (Å²) < 4.78 is 0.895. The highest BCUT2D eigenvalue weighted by molar-refractivity contribution is 9.10. The van der Waals surface area contributed by atoms with Crippen LogP contribution >= 0.6 is 27.5 Å². The Morgan fingerprint density at radius 1 is 1.30 bits per heavy atom. The van der Waals surface area contributed by atoms with E-state index in [0.717, 1.165) is 35.7 Å². The second kappa shape index (κ2) is 5.96. The van der Waals surface area contributed by atoms with Crippen LogP contribution in [0, 0.1) is 10.8 Å². The first-order valence-electron chi connectivity index (χ1n) is 7.13. The van der Waals surface area contributed by atoms with Gasteiger partial charge in [0.15, 0.2) is 0 Å². The van der Waals surface area contributed by atoms with Crippen molar-refractivity contribution in [2.45, 2.75) is 45.6 Å². The molecule has 112 valence electrons. The molecule has 1 atom stereocenters. The third kappa shape index (κ3) is 3.22. The van der Waals surface area contributed by atoms with Gasteiger partial charge in [0.2, 0.25) is 0 Å². The summed E-state index contributed by atoms with van der Waals surface area (Å²) in [6, 6.07) is 5.55. The summed E-state index contributed by atoms with van der Waals surface area (Å²) in [6.45, 7) is 5.08. The highest BCUT2D eigenvalue weighted by Crippen LogP contribution is 2.51. The summed E-state index contributed by atoms with van der Waals surface area (Å²) in [4.78, 5) is 0. The lowest BCUT2D eigenvalue weighted by atomic mass is 9.62. The quantitative estimate of drug-likeness (QED) is 0.822. The van der Waals surface area contributed by atoms with Crippen LogP contribution in [0.15, 0.2) is 22.7 Å². The maximum atomic E-state index is 10.9. The molecule has 1 aliphatic carbocycles. The average molecular weight is 361 g/mol. The Hall–Kier alpha value is -0.0900. The minimum atomic E-state index is -0.573. The standard InChI is InChI=1S/C16H23BrClNO/c1-15(2)5-7-16(10-19,8-6-15)14(20)12-9-11(18)3-4-13(12)17/h3-4,9,14,20H,5-8,10,19H2,1-2H3. The fourth-order valence-electron chi connectivity index (χ4n) is 3.07. The van der Waals surface area contributed by atoms with Gasteiger partial charge in [-0.2, -0.15) is 0 Å². The Morgan fingerprint density at radius 3 is 2.45 bits per heavy atom. The van der Waals surface area contributed by atoms with Crippen molar-refractivity contribution in [1.82, 2.24) is 0 Å². The summed E-state index contributed by atoms with van der Waals surface area (Å²) in [5.74, 6) is 0. The van der Waals surface area contributed by atoms with Gasteiger partial charge in [0.25, 0.3) is 0 Å². The van der Waals surface area contributed by atoms with Gasteiger partial charge in [0.05, 0.1) is 6.10 Å². The SMILES string of the molecule is CC1(C)CCC(CN)(C(O)c2cc(Cl)ccc2Br)CC1. The molecule has 0 bridgehead atoms. The lowest BCUT2D eigenvalue weighted by Crippen LogP contribution is -2.42. The molecule has 0 spiro atoms. The van der Waals surface area contributed by atoms with Crippen LogP contribution in [-0.4, -0.2) is 11.7 Å². The lowest BCUT2D eigenvalue weighted by Gasteiger charge is -2.46. The molecule has 2 rings (SSSR count).